The smallest absolute Gasteiger partial charge is 0.132 e. The lowest BCUT2D eigenvalue weighted by Crippen LogP contribution is -2.26. The normalized spacial score (nSPS) is 17.1. The van der Waals surface area contributed by atoms with Crippen LogP contribution in [0.15, 0.2) is 6.58 Å². The number of aromatic amines is 1. The molecule has 2 heterocycles. The van der Waals surface area contributed by atoms with E-state index in [0.717, 1.165) is 30.9 Å². The Kier molecular flexibility index (Phi) is 1.96. The van der Waals surface area contributed by atoms with E-state index in [1.54, 1.807) is 0 Å². The second kappa shape index (κ2) is 3.00. The number of imidazole rings is 1. The summed E-state index contributed by atoms with van der Waals surface area (Å²) in [6.07, 6.45) is 1.05. The van der Waals surface area contributed by atoms with Gasteiger partial charge in [0.25, 0.3) is 0 Å². The maximum atomic E-state index is 4.50. The largest absolute Gasteiger partial charge is 0.341 e. The van der Waals surface area contributed by atoms with Crippen LogP contribution in [0.2, 0.25) is 0 Å². The summed E-state index contributed by atoms with van der Waals surface area (Å²) in [4.78, 5) is 10.1. The molecule has 0 saturated heterocycles. The van der Waals surface area contributed by atoms with Gasteiger partial charge in [0.2, 0.25) is 0 Å². The first-order chi connectivity index (χ1) is 6.16. The van der Waals surface area contributed by atoms with Crippen LogP contribution in [0.25, 0.3) is 5.57 Å². The quantitative estimate of drug-likeness (QED) is 0.703. The molecule has 0 aromatic carbocycles. The van der Waals surface area contributed by atoms with Gasteiger partial charge in [0.15, 0.2) is 0 Å². The second-order valence-corrected chi connectivity index (χ2v) is 3.78. The van der Waals surface area contributed by atoms with Gasteiger partial charge in [-0.2, -0.15) is 0 Å². The van der Waals surface area contributed by atoms with E-state index in [0.29, 0.717) is 0 Å². The van der Waals surface area contributed by atoms with Crippen LogP contribution >= 0.6 is 0 Å². The van der Waals surface area contributed by atoms with E-state index < -0.39 is 0 Å². The van der Waals surface area contributed by atoms with E-state index >= 15 is 0 Å². The first kappa shape index (κ1) is 8.51. The van der Waals surface area contributed by atoms with Gasteiger partial charge in [0.1, 0.15) is 5.82 Å². The van der Waals surface area contributed by atoms with Crippen molar-refractivity contribution in [1.29, 1.82) is 0 Å². The molecule has 2 rings (SSSR count). The van der Waals surface area contributed by atoms with Crippen molar-refractivity contribution in [3.63, 3.8) is 0 Å². The molecular formula is C10H15N3. The van der Waals surface area contributed by atoms with E-state index in [-0.39, 0.29) is 0 Å². The van der Waals surface area contributed by atoms with Gasteiger partial charge >= 0.3 is 0 Å². The molecule has 1 aromatic rings. The first-order valence-electron chi connectivity index (χ1n) is 4.59. The Morgan fingerprint density at radius 2 is 2.38 bits per heavy atom. The monoisotopic (exact) mass is 177 g/mol. The Morgan fingerprint density at radius 1 is 1.62 bits per heavy atom. The minimum atomic E-state index is 0.945. The predicted octanol–water partition coefficient (Wildman–Crippen LogP) is 1.43. The minimum absolute atomic E-state index is 0.945. The minimum Gasteiger partial charge on any atom is -0.341 e. The van der Waals surface area contributed by atoms with Crippen molar-refractivity contribution < 1.29 is 0 Å². The van der Waals surface area contributed by atoms with Crippen LogP contribution in [0, 0.1) is 0 Å². The molecule has 0 saturated carbocycles. The van der Waals surface area contributed by atoms with Gasteiger partial charge in [-0.15, -0.1) is 0 Å². The Hall–Kier alpha value is -1.09. The SMILES string of the molecule is C=C(C)c1nc2c([nH]1)CN(C)CC2. The third kappa shape index (κ3) is 1.52. The van der Waals surface area contributed by atoms with Crippen LogP contribution < -0.4 is 0 Å². The van der Waals surface area contributed by atoms with Crippen molar-refractivity contribution in [2.24, 2.45) is 0 Å². The van der Waals surface area contributed by atoms with Gasteiger partial charge in [-0.3, -0.25) is 0 Å². The Balaban J connectivity index is 2.33. The number of fused-ring (bicyclic) bond motifs is 1. The lowest BCUT2D eigenvalue weighted by molar-refractivity contribution is 0.307. The van der Waals surface area contributed by atoms with Crippen molar-refractivity contribution in [3.8, 4) is 0 Å². The number of rotatable bonds is 1. The highest BCUT2D eigenvalue weighted by atomic mass is 15.1. The number of hydrogen-bond donors (Lipinski definition) is 1. The summed E-state index contributed by atoms with van der Waals surface area (Å²) in [5.41, 5.74) is 3.49. The predicted molar refractivity (Wildman–Crippen MR) is 53.3 cm³/mol. The van der Waals surface area contributed by atoms with Gasteiger partial charge in [0, 0.05) is 19.5 Å². The fourth-order valence-corrected chi connectivity index (χ4v) is 1.63. The summed E-state index contributed by atoms with van der Waals surface area (Å²) < 4.78 is 0. The van der Waals surface area contributed by atoms with Crippen LogP contribution in [0.5, 0.6) is 0 Å². The zero-order chi connectivity index (χ0) is 9.42. The molecule has 1 aromatic heterocycles. The van der Waals surface area contributed by atoms with Crippen LogP contribution in [0.1, 0.15) is 24.1 Å². The average molecular weight is 177 g/mol. The highest BCUT2D eigenvalue weighted by Crippen LogP contribution is 2.17. The molecule has 1 N–H and O–H groups in total. The molecule has 0 fully saturated rings. The van der Waals surface area contributed by atoms with Crippen molar-refractivity contribution in [2.45, 2.75) is 19.9 Å². The van der Waals surface area contributed by atoms with Gasteiger partial charge in [-0.25, -0.2) is 4.98 Å². The first-order valence-corrected chi connectivity index (χ1v) is 4.59. The third-order valence-electron chi connectivity index (χ3n) is 2.43. The molecule has 0 bridgehead atoms. The fraction of sp³-hybridized carbons (Fsp3) is 0.500. The maximum Gasteiger partial charge on any atom is 0.132 e. The number of likely N-dealkylation sites (N-methyl/N-ethyl adjacent to an activating group) is 1. The summed E-state index contributed by atoms with van der Waals surface area (Å²) in [6, 6.07) is 0. The van der Waals surface area contributed by atoms with Gasteiger partial charge < -0.3 is 9.88 Å². The molecule has 0 radical (unpaired) electrons. The van der Waals surface area contributed by atoms with Crippen LogP contribution in [0.3, 0.4) is 0 Å². The van der Waals surface area contributed by atoms with Crippen LogP contribution in [-0.2, 0) is 13.0 Å². The standard InChI is InChI=1S/C10H15N3/c1-7(2)10-11-8-4-5-13(3)6-9(8)12-10/h1,4-6H2,2-3H3,(H,11,12). The molecule has 3 nitrogen and oxygen atoms in total. The zero-order valence-corrected chi connectivity index (χ0v) is 8.22. The molecule has 70 valence electrons. The molecule has 1 aliphatic rings. The number of nitrogens with zero attached hydrogens (tertiary/aromatic N) is 2. The summed E-state index contributed by atoms with van der Waals surface area (Å²) >= 11 is 0. The van der Waals surface area contributed by atoms with E-state index in [1.165, 1.54) is 11.4 Å². The lowest BCUT2D eigenvalue weighted by Gasteiger charge is -2.20. The van der Waals surface area contributed by atoms with E-state index in [2.05, 4.69) is 28.5 Å². The van der Waals surface area contributed by atoms with E-state index in [4.69, 9.17) is 0 Å². The summed E-state index contributed by atoms with van der Waals surface area (Å²) in [5, 5.41) is 0. The number of H-pyrrole nitrogens is 1. The molecular weight excluding hydrogens is 162 g/mol. The van der Waals surface area contributed by atoms with Crippen molar-refractivity contribution in [2.75, 3.05) is 13.6 Å². The van der Waals surface area contributed by atoms with Crippen LogP contribution in [-0.4, -0.2) is 28.5 Å². The third-order valence-corrected chi connectivity index (χ3v) is 2.43. The summed E-state index contributed by atoms with van der Waals surface area (Å²) in [5.74, 6) is 0.945. The number of hydrogen-bond acceptors (Lipinski definition) is 2. The number of aromatic nitrogens is 2. The van der Waals surface area contributed by atoms with E-state index in [9.17, 15) is 0 Å². The van der Waals surface area contributed by atoms with Gasteiger partial charge in [-0.05, 0) is 19.5 Å². The second-order valence-electron chi connectivity index (χ2n) is 3.78. The van der Waals surface area contributed by atoms with E-state index in [1.807, 2.05) is 6.92 Å². The molecule has 3 heteroatoms. The molecule has 1 aliphatic heterocycles. The Morgan fingerprint density at radius 3 is 3.08 bits per heavy atom. The number of allylic oxidation sites excluding steroid dienone is 1. The zero-order valence-electron chi connectivity index (χ0n) is 8.22. The van der Waals surface area contributed by atoms with Crippen molar-refractivity contribution >= 4 is 5.57 Å². The van der Waals surface area contributed by atoms with Crippen molar-refractivity contribution in [1.82, 2.24) is 14.9 Å². The van der Waals surface area contributed by atoms with Crippen molar-refractivity contribution in [3.05, 3.63) is 23.8 Å². The summed E-state index contributed by atoms with van der Waals surface area (Å²) in [6.45, 7) is 7.95. The molecule has 13 heavy (non-hydrogen) atoms. The molecule has 0 atom stereocenters. The molecule has 0 aliphatic carbocycles. The lowest BCUT2D eigenvalue weighted by atomic mass is 10.2. The molecule has 0 amide bonds. The fourth-order valence-electron chi connectivity index (χ4n) is 1.63. The molecule has 0 spiro atoms. The highest BCUT2D eigenvalue weighted by molar-refractivity contribution is 5.55. The van der Waals surface area contributed by atoms with Gasteiger partial charge in [-0.1, -0.05) is 6.58 Å². The maximum absolute atomic E-state index is 4.50. The molecule has 0 unspecified atom stereocenters. The highest BCUT2D eigenvalue weighted by Gasteiger charge is 2.17. The summed E-state index contributed by atoms with van der Waals surface area (Å²) in [7, 11) is 2.13. The van der Waals surface area contributed by atoms with Gasteiger partial charge in [0.05, 0.1) is 11.4 Å². The Labute approximate surface area is 78.5 Å². The average Bonchev–Trinajstić information content (AvgIpc) is 2.46. The Bertz CT molecular complexity index is 338. The topological polar surface area (TPSA) is 31.9 Å². The number of nitrogens with one attached hydrogen (secondary N) is 1. The van der Waals surface area contributed by atoms with Crippen LogP contribution in [0.4, 0.5) is 0 Å².